The first kappa shape index (κ1) is 18.5. The largest absolute Gasteiger partial charge is 0.461 e. The maximum atomic E-state index is 12.2. The van der Waals surface area contributed by atoms with E-state index in [-0.39, 0.29) is 13.0 Å². The van der Waals surface area contributed by atoms with Gasteiger partial charge >= 0.3 is 12.0 Å². The van der Waals surface area contributed by atoms with Gasteiger partial charge in [0.1, 0.15) is 12.3 Å². The van der Waals surface area contributed by atoms with Gasteiger partial charge in [0, 0.05) is 11.1 Å². The average molecular weight is 390 g/mol. The molecule has 2 aromatic heterocycles. The first-order valence-electron chi connectivity index (χ1n) is 7.98. The number of halogens is 1. The van der Waals surface area contributed by atoms with Crippen LogP contribution in [0.3, 0.4) is 0 Å². The smallest absolute Gasteiger partial charge is 0.312 e. The van der Waals surface area contributed by atoms with Crippen molar-refractivity contribution < 1.29 is 23.3 Å². The molecule has 0 saturated heterocycles. The van der Waals surface area contributed by atoms with Gasteiger partial charge < -0.3 is 24.7 Å². The molecule has 3 N–H and O–H groups in total. The fourth-order valence-electron chi connectivity index (χ4n) is 2.41. The zero-order valence-corrected chi connectivity index (χ0v) is 14.8. The Balaban J connectivity index is 1.59. The number of benzene rings is 1. The molecule has 0 fully saturated rings. The Bertz CT molecular complexity index is 905. The summed E-state index contributed by atoms with van der Waals surface area (Å²) in [6.07, 6.45) is 1.41. The van der Waals surface area contributed by atoms with Gasteiger partial charge in [-0.2, -0.15) is 0 Å². The molecule has 1 aromatic carbocycles. The maximum Gasteiger partial charge on any atom is 0.312 e. The highest BCUT2D eigenvalue weighted by Crippen LogP contribution is 2.22. The summed E-state index contributed by atoms with van der Waals surface area (Å²) < 4.78 is 15.5. The molecular formula is C18H16ClN3O5. The van der Waals surface area contributed by atoms with E-state index in [0.717, 1.165) is 0 Å². The zero-order valence-electron chi connectivity index (χ0n) is 14.1. The third kappa shape index (κ3) is 5.11. The lowest BCUT2D eigenvalue weighted by molar-refractivity contribution is -0.145. The van der Waals surface area contributed by atoms with Gasteiger partial charge in [-0.3, -0.25) is 4.79 Å². The molecule has 0 aliphatic heterocycles. The summed E-state index contributed by atoms with van der Waals surface area (Å²) in [5, 5.41) is 6.88. The van der Waals surface area contributed by atoms with Crippen molar-refractivity contribution >= 4 is 23.6 Å². The van der Waals surface area contributed by atoms with Gasteiger partial charge in [-0.25, -0.2) is 4.79 Å². The molecule has 0 aliphatic rings. The summed E-state index contributed by atoms with van der Waals surface area (Å²) in [4.78, 5) is 23.4. The van der Waals surface area contributed by atoms with Crippen LogP contribution in [0.2, 0.25) is 5.02 Å². The molecule has 0 aliphatic carbocycles. The second-order valence-corrected chi connectivity index (χ2v) is 6.07. The van der Waals surface area contributed by atoms with Crippen molar-refractivity contribution in [2.45, 2.75) is 19.1 Å². The lowest BCUT2D eigenvalue weighted by atomic mass is 10.0. The number of carbonyl (C=O) groups is 2. The standard InChI is InChI=1S/C18H16ClN3O5/c19-12-5-3-11(4-6-12)14(21-18(20)24)9-17(23)26-10-13-8-16(27-22-13)15-2-1-7-25-15/h1-8,14H,9-10H2,(H3,20,21,24)/t14-/m1/s1. The van der Waals surface area contributed by atoms with E-state index in [1.54, 1.807) is 42.5 Å². The van der Waals surface area contributed by atoms with E-state index in [0.29, 0.717) is 27.8 Å². The van der Waals surface area contributed by atoms with Crippen LogP contribution in [0, 0.1) is 0 Å². The normalized spacial score (nSPS) is 11.7. The number of hydrogen-bond acceptors (Lipinski definition) is 6. The molecule has 1 atom stereocenters. The van der Waals surface area contributed by atoms with Crippen LogP contribution in [-0.2, 0) is 16.1 Å². The van der Waals surface area contributed by atoms with Gasteiger partial charge in [-0.05, 0) is 29.8 Å². The predicted molar refractivity (Wildman–Crippen MR) is 95.5 cm³/mol. The monoisotopic (exact) mass is 389 g/mol. The minimum atomic E-state index is -0.748. The molecule has 0 spiro atoms. The second-order valence-electron chi connectivity index (χ2n) is 5.64. The molecule has 0 unspecified atom stereocenters. The van der Waals surface area contributed by atoms with Crippen molar-refractivity contribution in [3.63, 3.8) is 0 Å². The molecule has 2 amide bonds. The van der Waals surface area contributed by atoms with E-state index in [4.69, 9.17) is 31.0 Å². The number of ether oxygens (including phenoxy) is 1. The van der Waals surface area contributed by atoms with Crippen molar-refractivity contribution in [3.8, 4) is 11.5 Å². The van der Waals surface area contributed by atoms with Crippen molar-refractivity contribution in [3.05, 3.63) is 65.0 Å². The van der Waals surface area contributed by atoms with Crippen LogP contribution in [0.1, 0.15) is 23.7 Å². The van der Waals surface area contributed by atoms with Gasteiger partial charge in [-0.15, -0.1) is 0 Å². The average Bonchev–Trinajstić information content (AvgIpc) is 3.31. The summed E-state index contributed by atoms with van der Waals surface area (Å²) >= 11 is 5.86. The number of furan rings is 1. The van der Waals surface area contributed by atoms with E-state index in [9.17, 15) is 9.59 Å². The predicted octanol–water partition coefficient (Wildman–Crippen LogP) is 3.43. The highest BCUT2D eigenvalue weighted by atomic mass is 35.5. The number of urea groups is 1. The molecule has 3 aromatic rings. The number of carbonyl (C=O) groups excluding carboxylic acids is 2. The van der Waals surface area contributed by atoms with Gasteiger partial charge in [0.2, 0.25) is 5.76 Å². The van der Waals surface area contributed by atoms with E-state index in [1.165, 1.54) is 6.26 Å². The van der Waals surface area contributed by atoms with Crippen LogP contribution in [0.5, 0.6) is 0 Å². The van der Waals surface area contributed by atoms with Crippen LogP contribution in [-0.4, -0.2) is 17.2 Å². The molecular weight excluding hydrogens is 374 g/mol. The highest BCUT2D eigenvalue weighted by Gasteiger charge is 2.19. The molecule has 8 nitrogen and oxygen atoms in total. The van der Waals surface area contributed by atoms with Crippen molar-refractivity contribution in [2.24, 2.45) is 5.73 Å². The molecule has 0 saturated carbocycles. The fraction of sp³-hybridized carbons (Fsp3) is 0.167. The number of nitrogens with one attached hydrogen (secondary N) is 1. The first-order valence-corrected chi connectivity index (χ1v) is 8.35. The highest BCUT2D eigenvalue weighted by molar-refractivity contribution is 6.30. The molecule has 140 valence electrons. The Morgan fingerprint density at radius 2 is 2.00 bits per heavy atom. The van der Waals surface area contributed by atoms with E-state index >= 15 is 0 Å². The summed E-state index contributed by atoms with van der Waals surface area (Å²) in [6, 6.07) is 10.4. The summed E-state index contributed by atoms with van der Waals surface area (Å²) in [6.45, 7) is -0.0764. The van der Waals surface area contributed by atoms with Gasteiger partial charge in [0.25, 0.3) is 0 Å². The lowest BCUT2D eigenvalue weighted by Crippen LogP contribution is -2.34. The number of primary amides is 1. The van der Waals surface area contributed by atoms with Crippen LogP contribution < -0.4 is 11.1 Å². The van der Waals surface area contributed by atoms with Crippen molar-refractivity contribution in [2.75, 3.05) is 0 Å². The molecule has 9 heteroatoms. The number of amides is 2. The van der Waals surface area contributed by atoms with E-state index in [2.05, 4.69) is 10.5 Å². The summed E-state index contributed by atoms with van der Waals surface area (Å²) in [7, 11) is 0. The molecule has 3 rings (SSSR count). The number of nitrogens with zero attached hydrogens (tertiary/aromatic N) is 1. The number of nitrogens with two attached hydrogens (primary N) is 1. The Hall–Kier alpha value is -3.26. The number of esters is 1. The minimum absolute atomic E-state index is 0.0764. The fourth-order valence-corrected chi connectivity index (χ4v) is 2.54. The van der Waals surface area contributed by atoms with Crippen molar-refractivity contribution in [1.82, 2.24) is 10.5 Å². The van der Waals surface area contributed by atoms with Crippen molar-refractivity contribution in [1.29, 1.82) is 0 Å². The van der Waals surface area contributed by atoms with Crippen LogP contribution in [0.4, 0.5) is 4.79 Å². The Kier molecular flexibility index (Phi) is 5.77. The summed E-state index contributed by atoms with van der Waals surface area (Å²) in [5.41, 5.74) is 6.30. The lowest BCUT2D eigenvalue weighted by Gasteiger charge is -2.17. The quantitative estimate of drug-likeness (QED) is 0.597. The Morgan fingerprint density at radius 1 is 1.22 bits per heavy atom. The topological polar surface area (TPSA) is 121 Å². The second kappa shape index (κ2) is 8.41. The van der Waals surface area contributed by atoms with Gasteiger partial charge in [0.15, 0.2) is 5.76 Å². The summed E-state index contributed by atoms with van der Waals surface area (Å²) in [5.74, 6) is 0.417. The third-order valence-electron chi connectivity index (χ3n) is 3.66. The van der Waals surface area contributed by atoms with Gasteiger partial charge in [0.05, 0.1) is 18.7 Å². The first-order chi connectivity index (χ1) is 13.0. The molecule has 0 bridgehead atoms. The maximum absolute atomic E-state index is 12.2. The molecule has 0 radical (unpaired) electrons. The van der Waals surface area contributed by atoms with Crippen LogP contribution in [0.25, 0.3) is 11.5 Å². The van der Waals surface area contributed by atoms with Gasteiger partial charge in [-0.1, -0.05) is 28.9 Å². The van der Waals surface area contributed by atoms with Crippen LogP contribution in [0.15, 0.2) is 57.7 Å². The van der Waals surface area contributed by atoms with E-state index in [1.807, 2.05) is 0 Å². The minimum Gasteiger partial charge on any atom is -0.461 e. The number of hydrogen-bond donors (Lipinski definition) is 2. The molecule has 2 heterocycles. The SMILES string of the molecule is NC(=O)N[C@H](CC(=O)OCc1cc(-c2ccco2)on1)c1ccc(Cl)cc1. The Morgan fingerprint density at radius 3 is 2.67 bits per heavy atom. The number of rotatable bonds is 7. The van der Waals surface area contributed by atoms with E-state index < -0.39 is 18.0 Å². The third-order valence-corrected chi connectivity index (χ3v) is 3.92. The number of aromatic nitrogens is 1. The Labute approximate surface area is 159 Å². The molecule has 27 heavy (non-hydrogen) atoms. The van der Waals surface area contributed by atoms with Crippen LogP contribution >= 0.6 is 11.6 Å². The zero-order chi connectivity index (χ0) is 19.2.